The molecule has 1 atom stereocenters. The molecule has 22 heavy (non-hydrogen) atoms. The third kappa shape index (κ3) is 2.99. The number of carbonyl (C=O) groups excluding carboxylic acids is 1. The molecular weight excluding hydrogens is 282 g/mol. The summed E-state index contributed by atoms with van der Waals surface area (Å²) in [6, 6.07) is 1.43. The molecular formula is C15H19N5O2. The maximum atomic E-state index is 12.3. The van der Waals surface area contributed by atoms with E-state index in [1.54, 1.807) is 6.07 Å². The lowest BCUT2D eigenvalue weighted by atomic mass is 10.0. The van der Waals surface area contributed by atoms with E-state index in [1.165, 1.54) is 5.56 Å². The van der Waals surface area contributed by atoms with E-state index < -0.39 is 0 Å². The van der Waals surface area contributed by atoms with Crippen molar-refractivity contribution in [2.75, 3.05) is 11.9 Å². The van der Waals surface area contributed by atoms with Crippen molar-refractivity contribution in [1.82, 2.24) is 20.0 Å². The fourth-order valence-corrected chi connectivity index (χ4v) is 2.57. The molecule has 0 radical (unpaired) electrons. The van der Waals surface area contributed by atoms with E-state index in [0.29, 0.717) is 12.4 Å². The summed E-state index contributed by atoms with van der Waals surface area (Å²) in [4.78, 5) is 23.1. The van der Waals surface area contributed by atoms with Crippen LogP contribution in [0.2, 0.25) is 0 Å². The number of rotatable bonds is 3. The monoisotopic (exact) mass is 301 g/mol. The Morgan fingerprint density at radius 3 is 3.00 bits per heavy atom. The normalized spacial score (nSPS) is 16.1. The summed E-state index contributed by atoms with van der Waals surface area (Å²) in [5.41, 5.74) is 2.91. The molecule has 7 heteroatoms. The molecule has 1 aliphatic rings. The number of fused-ring (bicyclic) bond motifs is 1. The van der Waals surface area contributed by atoms with Gasteiger partial charge in [0.05, 0.1) is 17.4 Å². The van der Waals surface area contributed by atoms with Gasteiger partial charge >= 0.3 is 0 Å². The van der Waals surface area contributed by atoms with Gasteiger partial charge in [-0.05, 0) is 32.8 Å². The second-order valence-corrected chi connectivity index (χ2v) is 5.61. The molecule has 1 aliphatic heterocycles. The summed E-state index contributed by atoms with van der Waals surface area (Å²) < 4.78 is 5.02. The molecule has 0 aliphatic carbocycles. The number of hydrogen-bond acceptors (Lipinski definition) is 6. The van der Waals surface area contributed by atoms with Crippen molar-refractivity contribution in [3.63, 3.8) is 0 Å². The van der Waals surface area contributed by atoms with E-state index in [4.69, 9.17) is 4.52 Å². The molecule has 2 aromatic rings. The van der Waals surface area contributed by atoms with Gasteiger partial charge in [-0.25, -0.2) is 9.97 Å². The minimum atomic E-state index is -0.270. The van der Waals surface area contributed by atoms with Crippen molar-refractivity contribution >= 4 is 11.8 Å². The van der Waals surface area contributed by atoms with E-state index in [-0.39, 0.29) is 11.9 Å². The first-order valence-corrected chi connectivity index (χ1v) is 7.32. The van der Waals surface area contributed by atoms with Gasteiger partial charge in [0.25, 0.3) is 0 Å². The quantitative estimate of drug-likeness (QED) is 0.924. The van der Waals surface area contributed by atoms with Gasteiger partial charge in [0.1, 0.15) is 5.82 Å². The Morgan fingerprint density at radius 1 is 1.45 bits per heavy atom. The Morgan fingerprint density at radius 2 is 2.27 bits per heavy atom. The highest BCUT2D eigenvalue weighted by atomic mass is 16.5. The molecule has 7 nitrogen and oxygen atoms in total. The molecule has 1 amide bonds. The van der Waals surface area contributed by atoms with Crippen LogP contribution in [0.3, 0.4) is 0 Å². The zero-order chi connectivity index (χ0) is 15.7. The van der Waals surface area contributed by atoms with Crippen LogP contribution in [0.1, 0.15) is 29.7 Å². The second kappa shape index (κ2) is 5.84. The highest BCUT2D eigenvalue weighted by Crippen LogP contribution is 2.19. The summed E-state index contributed by atoms with van der Waals surface area (Å²) in [5, 5.41) is 6.51. The average molecular weight is 301 g/mol. The van der Waals surface area contributed by atoms with E-state index >= 15 is 0 Å². The van der Waals surface area contributed by atoms with Crippen LogP contribution in [-0.4, -0.2) is 38.5 Å². The predicted molar refractivity (Wildman–Crippen MR) is 80.2 cm³/mol. The van der Waals surface area contributed by atoms with Gasteiger partial charge in [-0.3, -0.25) is 15.0 Å². The van der Waals surface area contributed by atoms with E-state index in [2.05, 4.69) is 25.3 Å². The molecule has 3 heterocycles. The number of nitrogens with zero attached hydrogens (tertiary/aromatic N) is 4. The molecule has 1 N–H and O–H groups in total. The fraction of sp³-hybridized carbons (Fsp3) is 0.467. The van der Waals surface area contributed by atoms with Gasteiger partial charge in [-0.1, -0.05) is 5.16 Å². The summed E-state index contributed by atoms with van der Waals surface area (Å²) in [7, 11) is 0. The van der Waals surface area contributed by atoms with Crippen LogP contribution < -0.4 is 5.32 Å². The van der Waals surface area contributed by atoms with Crippen LogP contribution in [0.15, 0.2) is 16.8 Å². The summed E-state index contributed by atoms with van der Waals surface area (Å²) >= 11 is 0. The maximum Gasteiger partial charge on any atom is 0.243 e. The van der Waals surface area contributed by atoms with Gasteiger partial charge in [-0.2, -0.15) is 0 Å². The first-order valence-electron chi connectivity index (χ1n) is 7.32. The molecule has 0 fully saturated rings. The number of hydrogen-bond donors (Lipinski definition) is 1. The van der Waals surface area contributed by atoms with Crippen molar-refractivity contribution in [2.45, 2.75) is 39.8 Å². The minimum Gasteiger partial charge on any atom is -0.338 e. The van der Waals surface area contributed by atoms with Crippen LogP contribution in [0, 0.1) is 13.8 Å². The predicted octanol–water partition coefficient (Wildman–Crippen LogP) is 1.47. The molecule has 0 saturated heterocycles. The van der Waals surface area contributed by atoms with Crippen molar-refractivity contribution in [2.24, 2.45) is 0 Å². The SMILES string of the molecule is Cc1cc(NC(=O)[C@H](C)N2CCc3cnc(C)nc3C2)on1. The lowest BCUT2D eigenvalue weighted by Gasteiger charge is -2.31. The number of aryl methyl sites for hydroxylation is 2. The highest BCUT2D eigenvalue weighted by Gasteiger charge is 2.26. The largest absolute Gasteiger partial charge is 0.338 e. The zero-order valence-electron chi connectivity index (χ0n) is 13.0. The Balaban J connectivity index is 1.68. The Hall–Kier alpha value is -2.28. The fourth-order valence-electron chi connectivity index (χ4n) is 2.57. The van der Waals surface area contributed by atoms with E-state index in [1.807, 2.05) is 27.0 Å². The lowest BCUT2D eigenvalue weighted by molar-refractivity contribution is -0.121. The smallest absolute Gasteiger partial charge is 0.243 e. The number of anilines is 1. The van der Waals surface area contributed by atoms with Crippen LogP contribution >= 0.6 is 0 Å². The Kier molecular flexibility index (Phi) is 3.89. The third-order valence-corrected chi connectivity index (χ3v) is 3.90. The van der Waals surface area contributed by atoms with Crippen molar-refractivity contribution in [1.29, 1.82) is 0 Å². The molecule has 0 aromatic carbocycles. The van der Waals surface area contributed by atoms with Crippen LogP contribution in [-0.2, 0) is 17.8 Å². The molecule has 0 spiro atoms. The Labute approximate surface area is 128 Å². The van der Waals surface area contributed by atoms with Crippen molar-refractivity contribution in [3.8, 4) is 0 Å². The molecule has 3 rings (SSSR count). The molecule has 116 valence electrons. The first kappa shape index (κ1) is 14.6. The average Bonchev–Trinajstić information content (AvgIpc) is 2.90. The van der Waals surface area contributed by atoms with Crippen LogP contribution in [0.25, 0.3) is 0 Å². The molecule has 0 bridgehead atoms. The van der Waals surface area contributed by atoms with Gasteiger partial charge in [-0.15, -0.1) is 0 Å². The molecule has 0 unspecified atom stereocenters. The van der Waals surface area contributed by atoms with Crippen LogP contribution in [0.5, 0.6) is 0 Å². The van der Waals surface area contributed by atoms with E-state index in [9.17, 15) is 4.79 Å². The maximum absolute atomic E-state index is 12.3. The highest BCUT2D eigenvalue weighted by molar-refractivity contribution is 5.93. The number of amides is 1. The molecule has 2 aromatic heterocycles. The van der Waals surface area contributed by atoms with Crippen molar-refractivity contribution < 1.29 is 9.32 Å². The number of carbonyl (C=O) groups is 1. The number of aromatic nitrogens is 3. The lowest BCUT2D eigenvalue weighted by Crippen LogP contribution is -2.44. The summed E-state index contributed by atoms with van der Waals surface area (Å²) in [5.74, 6) is 1.03. The molecule has 0 saturated carbocycles. The second-order valence-electron chi connectivity index (χ2n) is 5.61. The van der Waals surface area contributed by atoms with Gasteiger partial charge < -0.3 is 4.52 Å². The third-order valence-electron chi connectivity index (χ3n) is 3.90. The van der Waals surface area contributed by atoms with Gasteiger partial charge in [0, 0.05) is 25.4 Å². The first-order chi connectivity index (χ1) is 10.5. The van der Waals surface area contributed by atoms with Gasteiger partial charge in [0.2, 0.25) is 11.8 Å². The standard InChI is InChI=1S/C15H19N5O2/c1-9-6-14(22-19-9)18-15(21)10(2)20-5-4-12-7-16-11(3)17-13(12)8-20/h6-7,10H,4-5,8H2,1-3H3,(H,18,21)/t10-/m0/s1. The zero-order valence-corrected chi connectivity index (χ0v) is 13.0. The van der Waals surface area contributed by atoms with Gasteiger partial charge in [0.15, 0.2) is 0 Å². The number of nitrogens with one attached hydrogen (secondary N) is 1. The summed E-state index contributed by atoms with van der Waals surface area (Å²) in [6.45, 7) is 7.04. The topological polar surface area (TPSA) is 84.2 Å². The minimum absolute atomic E-state index is 0.106. The van der Waals surface area contributed by atoms with Crippen LogP contribution in [0.4, 0.5) is 5.88 Å². The Bertz CT molecular complexity index is 697. The van der Waals surface area contributed by atoms with E-state index in [0.717, 1.165) is 30.2 Å². The van der Waals surface area contributed by atoms with Crippen molar-refractivity contribution in [3.05, 3.63) is 35.0 Å². The summed E-state index contributed by atoms with van der Waals surface area (Å²) in [6.07, 6.45) is 2.74.